The van der Waals surface area contributed by atoms with Crippen LogP contribution in [0.4, 0.5) is 0 Å². The maximum atomic E-state index is 9.43. The fraction of sp³-hybridized carbons (Fsp3) is 0.667. The van der Waals surface area contributed by atoms with E-state index in [9.17, 15) is 4.79 Å². The van der Waals surface area contributed by atoms with Crippen LogP contribution in [0.5, 0.6) is 0 Å². The van der Waals surface area contributed by atoms with Crippen LogP contribution >= 0.6 is 0 Å². The van der Waals surface area contributed by atoms with Gasteiger partial charge in [-0.05, 0) is 0 Å². The van der Waals surface area contributed by atoms with Crippen molar-refractivity contribution in [2.45, 2.75) is 0 Å². The van der Waals surface area contributed by atoms with Gasteiger partial charge in [-0.15, -0.1) is 0 Å². The zero-order valence-corrected chi connectivity index (χ0v) is 7.52. The molecule has 0 radical (unpaired) electrons. The molecule has 7 heavy (non-hydrogen) atoms. The van der Waals surface area contributed by atoms with Gasteiger partial charge in [-0.2, -0.15) is 0 Å². The molecule has 1 amide bonds. The Morgan fingerprint density at radius 1 is 1.43 bits per heavy atom. The van der Waals surface area contributed by atoms with Gasteiger partial charge in [0, 0.05) is 14.1 Å². The van der Waals surface area contributed by atoms with Crippen LogP contribution in [-0.2, 0) is 26.6 Å². The second-order valence-corrected chi connectivity index (χ2v) is 1.07. The van der Waals surface area contributed by atoms with Gasteiger partial charge in [0.2, 0.25) is 6.41 Å². The molecule has 0 N–H and O–H groups in total. The monoisotopic (exact) mass is 153 g/mol. The molecular weight excluding hydrogens is 147 g/mol. The maximum absolute atomic E-state index is 9.43. The minimum atomic E-state index is 0.125. The molecule has 0 saturated carbocycles. The van der Waals surface area contributed by atoms with Gasteiger partial charge in [-0.1, -0.05) is 0 Å². The van der Waals surface area contributed by atoms with Crippen molar-refractivity contribution in [1.82, 2.24) is 4.90 Å². The molecule has 0 fully saturated rings. The van der Waals surface area contributed by atoms with E-state index in [0.717, 1.165) is 6.41 Å². The summed E-state index contributed by atoms with van der Waals surface area (Å²) in [5, 5.41) is 0. The molecule has 0 aromatic heterocycles. The van der Waals surface area contributed by atoms with E-state index in [1.807, 2.05) is 0 Å². The van der Waals surface area contributed by atoms with Gasteiger partial charge in [0.1, 0.15) is 0 Å². The van der Waals surface area contributed by atoms with Crippen LogP contribution in [0.3, 0.4) is 0 Å². The summed E-state index contributed by atoms with van der Waals surface area (Å²) in [4.78, 5) is 10.9. The molecular formula is C3H7NO2Zn. The third kappa shape index (κ3) is 24.9. The van der Waals surface area contributed by atoms with E-state index in [2.05, 4.69) is 0 Å². The zero-order chi connectivity index (χ0) is 6.28. The summed E-state index contributed by atoms with van der Waals surface area (Å²) >= 11 is 0.125. The minimum absolute atomic E-state index is 0.125. The molecule has 0 aliphatic heterocycles. The van der Waals surface area contributed by atoms with Crippen molar-refractivity contribution in [3.8, 4) is 0 Å². The molecule has 0 unspecified atom stereocenters. The number of carbonyl (C=O) groups excluding carboxylic acids is 1. The first-order chi connectivity index (χ1) is 3.27. The van der Waals surface area contributed by atoms with Crippen molar-refractivity contribution in [1.29, 1.82) is 0 Å². The van der Waals surface area contributed by atoms with Gasteiger partial charge in [0.15, 0.2) is 0 Å². The van der Waals surface area contributed by atoms with Crippen LogP contribution in [-0.4, -0.2) is 25.4 Å². The number of rotatable bonds is 1. The Bertz CT molecular complexity index is 48.2. The van der Waals surface area contributed by atoms with Gasteiger partial charge < -0.3 is 4.90 Å². The van der Waals surface area contributed by atoms with Crippen molar-refractivity contribution in [2.75, 3.05) is 14.1 Å². The first kappa shape index (κ1) is 10.00. The van der Waals surface area contributed by atoms with E-state index in [1.54, 1.807) is 14.1 Å². The van der Waals surface area contributed by atoms with Crippen LogP contribution in [0.15, 0.2) is 0 Å². The zero-order valence-electron chi connectivity index (χ0n) is 4.55. The first-order valence-corrected chi connectivity index (χ1v) is 2.89. The Hall–Kier alpha value is -0.107. The molecule has 3 nitrogen and oxygen atoms in total. The molecule has 0 aromatic rings. The summed E-state index contributed by atoms with van der Waals surface area (Å²) in [6.45, 7) is 0. The van der Waals surface area contributed by atoms with E-state index in [-0.39, 0.29) is 18.3 Å². The van der Waals surface area contributed by atoms with Crippen LogP contribution in [0.25, 0.3) is 0 Å². The predicted octanol–water partition coefficient (Wildman–Crippen LogP) is -0.417. The third-order valence-corrected chi connectivity index (χ3v) is 0.211. The predicted molar refractivity (Wildman–Crippen MR) is 20.4 cm³/mol. The summed E-state index contributed by atoms with van der Waals surface area (Å²) in [5.74, 6) is 0. The number of hydrogen-bond donors (Lipinski definition) is 0. The van der Waals surface area contributed by atoms with Gasteiger partial charge in [-0.25, -0.2) is 0 Å². The molecule has 0 heterocycles. The van der Waals surface area contributed by atoms with Crippen molar-refractivity contribution in [3.63, 3.8) is 0 Å². The summed E-state index contributed by atoms with van der Waals surface area (Å²) < 4.78 is 8.38. The number of amides is 1. The van der Waals surface area contributed by atoms with Crippen molar-refractivity contribution >= 4 is 6.41 Å². The topological polar surface area (TPSA) is 37.4 Å². The summed E-state index contributed by atoms with van der Waals surface area (Å²) in [6.07, 6.45) is 0.750. The SMILES string of the molecule is CN(C)C=O.[O]=[Zn]. The second-order valence-electron chi connectivity index (χ2n) is 1.07. The van der Waals surface area contributed by atoms with E-state index >= 15 is 0 Å². The summed E-state index contributed by atoms with van der Waals surface area (Å²) in [7, 11) is 3.38. The molecule has 0 aliphatic rings. The second kappa shape index (κ2) is 9.31. The molecule has 38 valence electrons. The molecule has 0 aliphatic carbocycles. The molecule has 0 rings (SSSR count). The molecule has 0 spiro atoms. The fourth-order valence-electron chi connectivity index (χ4n) is 0. The number of carbonyl (C=O) groups is 1. The van der Waals surface area contributed by atoms with Crippen LogP contribution in [0, 0.1) is 0 Å². The molecule has 0 aromatic carbocycles. The molecule has 0 atom stereocenters. The van der Waals surface area contributed by atoms with Crippen molar-refractivity contribution in [3.05, 3.63) is 0 Å². The Balaban J connectivity index is 0. The van der Waals surface area contributed by atoms with E-state index < -0.39 is 0 Å². The standard InChI is InChI=1S/C3H7NO.O.Zn/c1-4(2)3-5;;/h3H,1-2H3;;. The normalized spacial score (nSPS) is 5.71. The molecule has 0 bridgehead atoms. The van der Waals surface area contributed by atoms with Crippen LogP contribution < -0.4 is 0 Å². The Morgan fingerprint density at radius 3 is 1.57 bits per heavy atom. The quantitative estimate of drug-likeness (QED) is 0.380. The third-order valence-electron chi connectivity index (χ3n) is 0.211. The van der Waals surface area contributed by atoms with E-state index in [1.165, 1.54) is 4.90 Å². The van der Waals surface area contributed by atoms with Crippen LogP contribution in [0.2, 0.25) is 0 Å². The van der Waals surface area contributed by atoms with E-state index in [4.69, 9.17) is 3.57 Å². The van der Waals surface area contributed by atoms with Gasteiger partial charge in [-0.3, -0.25) is 4.79 Å². The Kier molecular flexibility index (Phi) is 13.3. The average molecular weight is 154 g/mol. The molecule has 0 saturated heterocycles. The van der Waals surface area contributed by atoms with E-state index in [0.29, 0.717) is 0 Å². The first-order valence-electron chi connectivity index (χ1n) is 1.68. The van der Waals surface area contributed by atoms with Crippen molar-refractivity contribution in [2.24, 2.45) is 0 Å². The fourth-order valence-corrected chi connectivity index (χ4v) is 0. The summed E-state index contributed by atoms with van der Waals surface area (Å²) in [6, 6.07) is 0. The average Bonchev–Trinajstić information content (AvgIpc) is 1.73. The van der Waals surface area contributed by atoms with Gasteiger partial charge in [0.05, 0.1) is 0 Å². The molecule has 4 heteroatoms. The number of hydrogen-bond acceptors (Lipinski definition) is 2. The Morgan fingerprint density at radius 2 is 1.57 bits per heavy atom. The van der Waals surface area contributed by atoms with Crippen molar-refractivity contribution < 1.29 is 26.6 Å². The number of nitrogens with zero attached hydrogens (tertiary/aromatic N) is 1. The Labute approximate surface area is 52.6 Å². The van der Waals surface area contributed by atoms with Crippen LogP contribution in [0.1, 0.15) is 0 Å². The van der Waals surface area contributed by atoms with Gasteiger partial charge in [0.25, 0.3) is 0 Å². The van der Waals surface area contributed by atoms with Gasteiger partial charge >= 0.3 is 21.8 Å². The summed E-state index contributed by atoms with van der Waals surface area (Å²) in [5.41, 5.74) is 0.